The summed E-state index contributed by atoms with van der Waals surface area (Å²) in [7, 11) is 0. The molecule has 0 aromatic heterocycles. The molecule has 2 rings (SSSR count). The Bertz CT molecular complexity index is 650. The van der Waals surface area contributed by atoms with Gasteiger partial charge < -0.3 is 10.1 Å². The molecule has 1 N–H and O–H groups in total. The zero-order valence-corrected chi connectivity index (χ0v) is 14.9. The quantitative estimate of drug-likeness (QED) is 0.472. The third kappa shape index (κ3) is 5.09. The van der Waals surface area contributed by atoms with Gasteiger partial charge in [0.2, 0.25) is 5.91 Å². The van der Waals surface area contributed by atoms with Crippen LogP contribution in [0.2, 0.25) is 0 Å². The van der Waals surface area contributed by atoms with Crippen molar-refractivity contribution in [2.45, 2.75) is 44.2 Å². The number of nitro groups is 1. The summed E-state index contributed by atoms with van der Waals surface area (Å²) in [4.78, 5) is 36.1. The van der Waals surface area contributed by atoms with Crippen LogP contribution in [0.3, 0.4) is 0 Å². The molecule has 2 atom stereocenters. The molecule has 0 saturated carbocycles. The number of nitro benzene ring substituents is 1. The number of nitrogens with one attached hydrogen (secondary N) is 1. The minimum absolute atomic E-state index is 0.0237. The fraction of sp³-hybridized carbons (Fsp3) is 0.500. The van der Waals surface area contributed by atoms with Crippen molar-refractivity contribution >= 4 is 30.3 Å². The first-order chi connectivity index (χ1) is 11.8. The molecule has 0 radical (unpaired) electrons. The van der Waals surface area contributed by atoms with E-state index in [1.807, 2.05) is 13.8 Å². The Hall–Kier alpha value is -2.29. The summed E-state index contributed by atoms with van der Waals surface area (Å²) in [6, 6.07) is 5.13. The molecule has 8 nitrogen and oxygen atoms in total. The van der Waals surface area contributed by atoms with Crippen LogP contribution < -0.4 is 5.32 Å². The van der Waals surface area contributed by atoms with Crippen molar-refractivity contribution in [3.8, 4) is 0 Å². The Labute approximate surface area is 151 Å². The molecular weight excluding hydrogens is 346 g/mol. The SMILES string of the molecule is CC(C)NC(=O)[C@@H]1C[C@H](S)CN1C(=O)OCc1ccc([N+](=O)[O-])cc1. The molecule has 1 aromatic carbocycles. The average molecular weight is 367 g/mol. The van der Waals surface area contributed by atoms with Gasteiger partial charge in [0.05, 0.1) is 4.92 Å². The zero-order chi connectivity index (χ0) is 18.6. The third-order valence-corrected chi connectivity index (χ3v) is 4.13. The van der Waals surface area contributed by atoms with Gasteiger partial charge in [-0.15, -0.1) is 0 Å². The lowest BCUT2D eigenvalue weighted by molar-refractivity contribution is -0.384. The standard InChI is InChI=1S/C16H21N3O5S/c1-10(2)17-15(20)14-7-13(25)8-18(14)16(21)24-9-11-3-5-12(6-4-11)19(22)23/h3-6,10,13-14,25H,7-9H2,1-2H3,(H,17,20)/t13-,14-/m0/s1. The van der Waals surface area contributed by atoms with Crippen LogP contribution in [-0.4, -0.2) is 45.7 Å². The fourth-order valence-corrected chi connectivity index (χ4v) is 2.96. The number of non-ortho nitro benzene ring substituents is 1. The van der Waals surface area contributed by atoms with Crippen molar-refractivity contribution < 1.29 is 19.2 Å². The molecule has 1 fully saturated rings. The van der Waals surface area contributed by atoms with Gasteiger partial charge in [-0.2, -0.15) is 12.6 Å². The van der Waals surface area contributed by atoms with E-state index in [2.05, 4.69) is 17.9 Å². The summed E-state index contributed by atoms with van der Waals surface area (Å²) in [6.07, 6.45) is -0.132. The number of nitrogens with zero attached hydrogens (tertiary/aromatic N) is 2. The Balaban J connectivity index is 1.96. The minimum atomic E-state index is -0.603. The molecule has 25 heavy (non-hydrogen) atoms. The van der Waals surface area contributed by atoms with Gasteiger partial charge in [-0.3, -0.25) is 19.8 Å². The molecule has 9 heteroatoms. The number of hydrogen-bond donors (Lipinski definition) is 2. The fourth-order valence-electron chi connectivity index (χ4n) is 2.59. The summed E-state index contributed by atoms with van der Waals surface area (Å²) in [5.74, 6) is -0.223. The van der Waals surface area contributed by atoms with Crippen molar-refractivity contribution in [2.24, 2.45) is 0 Å². The Morgan fingerprint density at radius 3 is 2.60 bits per heavy atom. The highest BCUT2D eigenvalue weighted by Crippen LogP contribution is 2.23. The first-order valence-corrected chi connectivity index (χ1v) is 8.44. The molecule has 1 aliphatic rings. The third-order valence-electron chi connectivity index (χ3n) is 3.76. The second-order valence-electron chi connectivity index (χ2n) is 6.20. The normalized spacial score (nSPS) is 19.8. The predicted molar refractivity (Wildman–Crippen MR) is 94.4 cm³/mol. The second kappa shape index (κ2) is 8.19. The van der Waals surface area contributed by atoms with Gasteiger partial charge in [0.15, 0.2) is 0 Å². The van der Waals surface area contributed by atoms with Crippen molar-refractivity contribution in [1.29, 1.82) is 0 Å². The van der Waals surface area contributed by atoms with Crippen LogP contribution in [-0.2, 0) is 16.1 Å². The number of rotatable bonds is 5. The first kappa shape index (κ1) is 19.0. The Morgan fingerprint density at radius 2 is 2.04 bits per heavy atom. The predicted octanol–water partition coefficient (Wildman–Crippen LogP) is 2.13. The van der Waals surface area contributed by atoms with Gasteiger partial charge in [-0.05, 0) is 38.0 Å². The van der Waals surface area contributed by atoms with Crippen LogP contribution in [0.15, 0.2) is 24.3 Å². The lowest BCUT2D eigenvalue weighted by Crippen LogP contribution is -2.47. The van der Waals surface area contributed by atoms with E-state index in [0.717, 1.165) is 0 Å². The minimum Gasteiger partial charge on any atom is -0.445 e. The van der Waals surface area contributed by atoms with Crippen LogP contribution in [0, 0.1) is 10.1 Å². The lowest BCUT2D eigenvalue weighted by Gasteiger charge is -2.24. The van der Waals surface area contributed by atoms with E-state index in [1.165, 1.54) is 29.2 Å². The Morgan fingerprint density at radius 1 is 1.40 bits per heavy atom. The van der Waals surface area contributed by atoms with Gasteiger partial charge in [-0.25, -0.2) is 4.79 Å². The van der Waals surface area contributed by atoms with Gasteiger partial charge >= 0.3 is 6.09 Å². The maximum atomic E-state index is 12.3. The number of ether oxygens (including phenoxy) is 1. The summed E-state index contributed by atoms with van der Waals surface area (Å²) in [5, 5.41) is 13.3. The molecule has 0 spiro atoms. The Kier molecular flexibility index (Phi) is 6.24. The van der Waals surface area contributed by atoms with Crippen LogP contribution >= 0.6 is 12.6 Å². The molecule has 136 valence electrons. The van der Waals surface area contributed by atoms with E-state index in [0.29, 0.717) is 18.5 Å². The van der Waals surface area contributed by atoms with Gasteiger partial charge in [-0.1, -0.05) is 0 Å². The van der Waals surface area contributed by atoms with E-state index < -0.39 is 17.1 Å². The molecule has 2 amide bonds. The molecule has 1 aliphatic heterocycles. The van der Waals surface area contributed by atoms with Crippen LogP contribution in [0.25, 0.3) is 0 Å². The van der Waals surface area contributed by atoms with Gasteiger partial charge in [0.25, 0.3) is 5.69 Å². The van der Waals surface area contributed by atoms with Crippen molar-refractivity contribution in [2.75, 3.05) is 6.54 Å². The van der Waals surface area contributed by atoms with E-state index in [4.69, 9.17) is 4.74 Å². The smallest absolute Gasteiger partial charge is 0.410 e. The number of thiol groups is 1. The highest BCUT2D eigenvalue weighted by atomic mass is 32.1. The van der Waals surface area contributed by atoms with Crippen molar-refractivity contribution in [1.82, 2.24) is 10.2 Å². The van der Waals surface area contributed by atoms with Gasteiger partial charge in [0.1, 0.15) is 12.6 Å². The highest BCUT2D eigenvalue weighted by Gasteiger charge is 2.39. The van der Waals surface area contributed by atoms with Gasteiger partial charge in [0, 0.05) is 30.0 Å². The number of amides is 2. The van der Waals surface area contributed by atoms with Crippen LogP contribution in [0.1, 0.15) is 25.8 Å². The summed E-state index contributed by atoms with van der Waals surface area (Å²) in [5.41, 5.74) is 0.599. The number of hydrogen-bond acceptors (Lipinski definition) is 6. The molecule has 1 heterocycles. The topological polar surface area (TPSA) is 102 Å². The van der Waals surface area contributed by atoms with E-state index in [-0.39, 0.29) is 29.5 Å². The van der Waals surface area contributed by atoms with Crippen molar-refractivity contribution in [3.05, 3.63) is 39.9 Å². The molecule has 1 aromatic rings. The first-order valence-electron chi connectivity index (χ1n) is 7.93. The zero-order valence-electron chi connectivity index (χ0n) is 14.0. The molecule has 1 saturated heterocycles. The second-order valence-corrected chi connectivity index (χ2v) is 6.93. The van der Waals surface area contributed by atoms with Crippen molar-refractivity contribution in [3.63, 3.8) is 0 Å². The van der Waals surface area contributed by atoms with E-state index in [9.17, 15) is 19.7 Å². The summed E-state index contributed by atoms with van der Waals surface area (Å²) >= 11 is 4.37. The summed E-state index contributed by atoms with van der Waals surface area (Å²) < 4.78 is 5.25. The van der Waals surface area contributed by atoms with Crippen LogP contribution in [0.5, 0.6) is 0 Å². The monoisotopic (exact) mass is 367 g/mol. The maximum Gasteiger partial charge on any atom is 0.410 e. The van der Waals surface area contributed by atoms with E-state index in [1.54, 1.807) is 0 Å². The number of benzene rings is 1. The molecule has 0 unspecified atom stereocenters. The number of likely N-dealkylation sites (tertiary alicyclic amines) is 1. The average Bonchev–Trinajstić information content (AvgIpc) is 2.94. The summed E-state index contributed by atoms with van der Waals surface area (Å²) in [6.45, 7) is 4.01. The largest absolute Gasteiger partial charge is 0.445 e. The van der Waals surface area contributed by atoms with Crippen LogP contribution in [0.4, 0.5) is 10.5 Å². The highest BCUT2D eigenvalue weighted by molar-refractivity contribution is 7.81. The molecular formula is C16H21N3O5S. The molecule has 0 bridgehead atoms. The lowest BCUT2D eigenvalue weighted by atomic mass is 10.2. The number of carbonyl (C=O) groups is 2. The molecule has 0 aliphatic carbocycles. The maximum absolute atomic E-state index is 12.3. The number of carbonyl (C=O) groups excluding carboxylic acids is 2. The van der Waals surface area contributed by atoms with E-state index >= 15 is 0 Å².